The maximum atomic E-state index is 14.3. The molecule has 1 saturated carbocycles. The highest BCUT2D eigenvalue weighted by Gasteiger charge is 2.39. The van der Waals surface area contributed by atoms with Crippen LogP contribution in [-0.4, -0.2) is 12.4 Å². The number of benzene rings is 1. The summed E-state index contributed by atoms with van der Waals surface area (Å²) < 4.78 is 59.2. The Morgan fingerprint density at radius 3 is 2.38 bits per heavy atom. The molecule has 6 heteroatoms. The van der Waals surface area contributed by atoms with Crippen LogP contribution < -0.4 is 4.74 Å². The topological polar surface area (TPSA) is 26.3 Å². The first kappa shape index (κ1) is 18.7. The fourth-order valence-corrected chi connectivity index (χ4v) is 3.07. The number of alkyl halides is 3. The maximum absolute atomic E-state index is 14.3. The molecule has 0 aliphatic heterocycles. The number of carbonyl (C=O) groups is 1. The van der Waals surface area contributed by atoms with Crippen LogP contribution in [0.4, 0.5) is 17.6 Å². The monoisotopic (exact) mass is 346 g/mol. The molecule has 1 aromatic carbocycles. The van der Waals surface area contributed by atoms with E-state index in [1.807, 2.05) is 0 Å². The summed E-state index contributed by atoms with van der Waals surface area (Å²) in [6.45, 7) is 3.80. The van der Waals surface area contributed by atoms with E-state index >= 15 is 0 Å². The third kappa shape index (κ3) is 4.28. The van der Waals surface area contributed by atoms with Gasteiger partial charge in [-0.05, 0) is 36.8 Å². The van der Waals surface area contributed by atoms with Gasteiger partial charge in [0.1, 0.15) is 5.56 Å². The number of hydrogen-bond donors (Lipinski definition) is 0. The number of ketones is 1. The molecule has 0 radical (unpaired) electrons. The van der Waals surface area contributed by atoms with Crippen molar-refractivity contribution >= 4 is 5.78 Å². The van der Waals surface area contributed by atoms with Gasteiger partial charge in [0.05, 0.1) is 6.61 Å². The molecule has 1 aliphatic rings. The highest BCUT2D eigenvalue weighted by atomic mass is 19.4. The molecule has 0 spiro atoms. The van der Waals surface area contributed by atoms with E-state index in [1.165, 1.54) is 6.92 Å². The molecule has 0 amide bonds. The lowest BCUT2D eigenvalue weighted by Gasteiger charge is -2.26. The minimum Gasteiger partial charge on any atom is -0.490 e. The van der Waals surface area contributed by atoms with Gasteiger partial charge in [0.15, 0.2) is 17.3 Å². The molecule has 0 aromatic heterocycles. The van der Waals surface area contributed by atoms with Gasteiger partial charge in [-0.3, -0.25) is 4.79 Å². The predicted molar refractivity (Wildman–Crippen MR) is 82.6 cm³/mol. The van der Waals surface area contributed by atoms with Gasteiger partial charge < -0.3 is 4.74 Å². The van der Waals surface area contributed by atoms with E-state index in [0.29, 0.717) is 5.92 Å². The largest absolute Gasteiger partial charge is 0.490 e. The third-order valence-corrected chi connectivity index (χ3v) is 4.62. The molecule has 2 rings (SSSR count). The Labute approximate surface area is 139 Å². The Balaban J connectivity index is 2.21. The number of hydrogen-bond acceptors (Lipinski definition) is 2. The smallest absolute Gasteiger partial charge is 0.420 e. The van der Waals surface area contributed by atoms with Gasteiger partial charge in [-0.15, -0.1) is 0 Å². The van der Waals surface area contributed by atoms with E-state index in [-0.39, 0.29) is 18.9 Å². The van der Waals surface area contributed by atoms with E-state index < -0.39 is 34.7 Å². The molecule has 0 unspecified atom stereocenters. The van der Waals surface area contributed by atoms with Gasteiger partial charge in [-0.25, -0.2) is 4.39 Å². The first-order valence-electron chi connectivity index (χ1n) is 8.29. The van der Waals surface area contributed by atoms with Crippen LogP contribution in [-0.2, 0) is 6.18 Å². The molecular formula is C18H22F4O2. The Bertz CT molecular complexity index is 587. The highest BCUT2D eigenvalue weighted by molar-refractivity contribution is 5.97. The van der Waals surface area contributed by atoms with E-state index in [1.54, 1.807) is 0 Å². The second kappa shape index (κ2) is 7.53. The maximum Gasteiger partial charge on any atom is 0.420 e. The normalized spacial score (nSPS) is 21.6. The van der Waals surface area contributed by atoms with Gasteiger partial charge >= 0.3 is 6.18 Å². The van der Waals surface area contributed by atoms with Crippen molar-refractivity contribution < 1.29 is 27.1 Å². The van der Waals surface area contributed by atoms with Crippen LogP contribution in [0.3, 0.4) is 0 Å². The summed E-state index contributed by atoms with van der Waals surface area (Å²) in [4.78, 5) is 11.7. The zero-order valence-corrected chi connectivity index (χ0v) is 13.9. The lowest BCUT2D eigenvalue weighted by atomic mass is 9.83. The number of halogens is 4. The zero-order valence-electron chi connectivity index (χ0n) is 13.9. The molecule has 1 fully saturated rings. The van der Waals surface area contributed by atoms with Crippen LogP contribution in [0.2, 0.25) is 0 Å². The summed E-state index contributed by atoms with van der Waals surface area (Å²) >= 11 is 0. The van der Waals surface area contributed by atoms with Gasteiger partial charge in [0.25, 0.3) is 0 Å². The molecule has 134 valence electrons. The summed E-state index contributed by atoms with van der Waals surface area (Å²) in [6, 6.07) is 2.13. The fourth-order valence-electron chi connectivity index (χ4n) is 3.07. The molecule has 2 nitrogen and oxygen atoms in total. The molecule has 1 aliphatic carbocycles. The number of ether oxygens (including phenoxy) is 1. The van der Waals surface area contributed by atoms with Crippen molar-refractivity contribution in [2.75, 3.05) is 6.61 Å². The second-order valence-corrected chi connectivity index (χ2v) is 6.51. The summed E-state index contributed by atoms with van der Waals surface area (Å²) in [5, 5.41) is 0. The molecule has 1 aromatic rings. The van der Waals surface area contributed by atoms with Gasteiger partial charge in [0, 0.05) is 12.0 Å². The van der Waals surface area contributed by atoms with Crippen molar-refractivity contribution in [1.82, 2.24) is 0 Å². The first-order valence-corrected chi connectivity index (χ1v) is 8.29. The van der Waals surface area contributed by atoms with E-state index in [4.69, 9.17) is 4.74 Å². The standard InChI is InChI=1S/C18H22F4O2/c1-3-14(23)13-8-9-15(17(19)16(13)18(20,21)22)24-10-12-6-4-11(2)5-7-12/h8-9,11-12H,3-7,10H2,1-2H3. The lowest BCUT2D eigenvalue weighted by Crippen LogP contribution is -2.20. The molecular weight excluding hydrogens is 324 g/mol. The average molecular weight is 346 g/mol. The van der Waals surface area contributed by atoms with Crippen LogP contribution in [0, 0.1) is 17.7 Å². The zero-order chi connectivity index (χ0) is 17.9. The Morgan fingerprint density at radius 1 is 1.21 bits per heavy atom. The number of carbonyl (C=O) groups excluding carboxylic acids is 1. The summed E-state index contributed by atoms with van der Waals surface area (Å²) in [7, 11) is 0. The molecule has 0 N–H and O–H groups in total. The molecule has 0 heterocycles. The predicted octanol–water partition coefficient (Wildman–Crippen LogP) is 5.64. The minimum atomic E-state index is -4.94. The fraction of sp³-hybridized carbons (Fsp3) is 0.611. The third-order valence-electron chi connectivity index (χ3n) is 4.62. The van der Waals surface area contributed by atoms with Crippen LogP contribution >= 0.6 is 0 Å². The average Bonchev–Trinajstić information content (AvgIpc) is 2.53. The minimum absolute atomic E-state index is 0.122. The number of Topliss-reactive ketones (excluding diaryl/α,β-unsaturated/α-hetero) is 1. The lowest BCUT2D eigenvalue weighted by molar-refractivity contribution is -0.140. The van der Waals surface area contributed by atoms with Gasteiger partial charge in [-0.1, -0.05) is 26.7 Å². The summed E-state index contributed by atoms with van der Waals surface area (Å²) in [6.07, 6.45) is -1.10. The van der Waals surface area contributed by atoms with Gasteiger partial charge in [0.2, 0.25) is 0 Å². The molecule has 24 heavy (non-hydrogen) atoms. The molecule has 0 atom stereocenters. The second-order valence-electron chi connectivity index (χ2n) is 6.51. The summed E-state index contributed by atoms with van der Waals surface area (Å²) in [5.74, 6) is -1.80. The van der Waals surface area contributed by atoms with Crippen molar-refractivity contribution in [3.63, 3.8) is 0 Å². The van der Waals surface area contributed by atoms with Crippen LogP contribution in [0.1, 0.15) is 61.9 Å². The number of rotatable bonds is 5. The van der Waals surface area contributed by atoms with Gasteiger partial charge in [-0.2, -0.15) is 13.2 Å². The van der Waals surface area contributed by atoms with Crippen molar-refractivity contribution in [3.05, 3.63) is 29.1 Å². The first-order chi connectivity index (χ1) is 11.2. The Kier molecular flexibility index (Phi) is 5.88. The van der Waals surface area contributed by atoms with Crippen molar-refractivity contribution in [3.8, 4) is 5.75 Å². The van der Waals surface area contributed by atoms with Crippen molar-refractivity contribution in [2.24, 2.45) is 11.8 Å². The van der Waals surface area contributed by atoms with E-state index in [2.05, 4.69) is 6.92 Å². The van der Waals surface area contributed by atoms with Crippen LogP contribution in [0.25, 0.3) is 0 Å². The van der Waals surface area contributed by atoms with Crippen molar-refractivity contribution in [1.29, 1.82) is 0 Å². The van der Waals surface area contributed by atoms with Crippen molar-refractivity contribution in [2.45, 2.75) is 52.1 Å². The SMILES string of the molecule is CCC(=O)c1ccc(OCC2CCC(C)CC2)c(F)c1C(F)(F)F. The molecule has 0 saturated heterocycles. The highest BCUT2D eigenvalue weighted by Crippen LogP contribution is 2.38. The van der Waals surface area contributed by atoms with E-state index in [0.717, 1.165) is 37.8 Å². The summed E-state index contributed by atoms with van der Waals surface area (Å²) in [5.41, 5.74) is -2.16. The quantitative estimate of drug-likeness (QED) is 0.509. The Morgan fingerprint density at radius 2 is 1.83 bits per heavy atom. The van der Waals surface area contributed by atoms with Crippen LogP contribution in [0.15, 0.2) is 12.1 Å². The Hall–Kier alpha value is -1.59. The van der Waals surface area contributed by atoms with E-state index in [9.17, 15) is 22.4 Å². The van der Waals surface area contributed by atoms with Crippen LogP contribution in [0.5, 0.6) is 5.75 Å². The molecule has 0 bridgehead atoms.